The zero-order valence-corrected chi connectivity index (χ0v) is 27.8. The number of piperidine rings is 1. The van der Waals surface area contributed by atoms with Gasteiger partial charge in [0.25, 0.3) is 0 Å². The van der Waals surface area contributed by atoms with Crippen molar-refractivity contribution >= 4 is 38.5 Å². The van der Waals surface area contributed by atoms with Crippen LogP contribution in [0.3, 0.4) is 0 Å². The lowest BCUT2D eigenvalue weighted by molar-refractivity contribution is 0.0133. The predicted octanol–water partition coefficient (Wildman–Crippen LogP) is 7.05. The summed E-state index contributed by atoms with van der Waals surface area (Å²) in [5.74, 6) is 2.24. The van der Waals surface area contributed by atoms with E-state index in [0.29, 0.717) is 57.9 Å². The number of furan rings is 1. The maximum absolute atomic E-state index is 17.6. The van der Waals surface area contributed by atoms with Gasteiger partial charge in [-0.05, 0) is 88.7 Å². The molecule has 8 nitrogen and oxygen atoms in total. The van der Waals surface area contributed by atoms with Crippen molar-refractivity contribution in [2.45, 2.75) is 70.0 Å². The molecule has 2 N–H and O–H groups in total. The Kier molecular flexibility index (Phi) is 7.05. The Morgan fingerprint density at radius 3 is 2.67 bits per heavy atom. The molecule has 5 aromatic rings. The lowest BCUT2D eigenvalue weighted by atomic mass is 9.76. The van der Waals surface area contributed by atoms with Crippen molar-refractivity contribution in [3.63, 3.8) is 0 Å². The third-order valence-electron chi connectivity index (χ3n) is 11.7. The van der Waals surface area contributed by atoms with Crippen LogP contribution in [-0.2, 0) is 0 Å². The fraction of sp³-hybridized carbons (Fsp3) is 0.436. The van der Waals surface area contributed by atoms with Crippen LogP contribution >= 0.6 is 0 Å². The molecule has 0 spiro atoms. The average molecular weight is 664 g/mol. The molecule has 5 heterocycles. The lowest BCUT2D eigenvalue weighted by Crippen LogP contribution is -2.51. The van der Waals surface area contributed by atoms with Crippen LogP contribution in [0.5, 0.6) is 11.8 Å². The first-order valence-corrected chi connectivity index (χ1v) is 17.4. The largest absolute Gasteiger partial charge is 0.508 e. The second-order valence-electron chi connectivity index (χ2n) is 14.7. The van der Waals surface area contributed by atoms with E-state index in [1.807, 2.05) is 13.0 Å². The number of phenols is 1. The molecule has 9 rings (SSSR count). The monoisotopic (exact) mass is 663 g/mol. The Morgan fingerprint density at radius 2 is 1.88 bits per heavy atom. The number of hydrogen-bond acceptors (Lipinski definition) is 8. The molecular weight excluding hydrogens is 624 g/mol. The van der Waals surface area contributed by atoms with Gasteiger partial charge in [-0.3, -0.25) is 0 Å². The van der Waals surface area contributed by atoms with E-state index in [0.717, 1.165) is 64.6 Å². The maximum Gasteiger partial charge on any atom is 0.319 e. The summed E-state index contributed by atoms with van der Waals surface area (Å²) in [6.45, 7) is 4.80. The van der Waals surface area contributed by atoms with Crippen LogP contribution in [0.4, 0.5) is 14.6 Å². The van der Waals surface area contributed by atoms with E-state index in [2.05, 4.69) is 28.1 Å². The highest BCUT2D eigenvalue weighted by Crippen LogP contribution is 2.49. The Balaban J connectivity index is 1.29. The summed E-state index contributed by atoms with van der Waals surface area (Å²) in [4.78, 5) is 14.6. The number of ether oxygens (including phenoxy) is 1. The van der Waals surface area contributed by atoms with Gasteiger partial charge in [0.15, 0.2) is 5.82 Å². The number of piperazine rings is 1. The molecule has 10 heteroatoms. The van der Waals surface area contributed by atoms with Gasteiger partial charge in [-0.2, -0.15) is 9.97 Å². The van der Waals surface area contributed by atoms with Crippen LogP contribution in [0.15, 0.2) is 34.7 Å². The van der Waals surface area contributed by atoms with Crippen molar-refractivity contribution < 1.29 is 23.0 Å². The van der Waals surface area contributed by atoms with Crippen LogP contribution < -0.4 is 15.0 Å². The molecule has 3 aliphatic heterocycles. The number of hydrogen-bond donors (Lipinski definition) is 2. The van der Waals surface area contributed by atoms with Gasteiger partial charge in [0.2, 0.25) is 0 Å². The van der Waals surface area contributed by atoms with E-state index in [1.165, 1.54) is 24.3 Å². The molecule has 252 valence electrons. The zero-order chi connectivity index (χ0) is 33.6. The van der Waals surface area contributed by atoms with Gasteiger partial charge in [-0.1, -0.05) is 18.4 Å². The van der Waals surface area contributed by atoms with Crippen molar-refractivity contribution in [1.82, 2.24) is 20.2 Å². The summed E-state index contributed by atoms with van der Waals surface area (Å²) in [5, 5.41) is 16.5. The Bertz CT molecular complexity index is 2200. The van der Waals surface area contributed by atoms with Crippen LogP contribution in [-0.4, -0.2) is 71.4 Å². The number of aromatic nitrogens is 2. The molecule has 4 aliphatic rings. The van der Waals surface area contributed by atoms with Gasteiger partial charge in [0.05, 0.1) is 23.1 Å². The maximum atomic E-state index is 17.6. The summed E-state index contributed by atoms with van der Waals surface area (Å²) >= 11 is 0. The number of benzene rings is 3. The number of aryl methyl sites for hydroxylation is 1. The SMILES string of the molecule is C#Cc1c(F)ccc2cc(O)cc(-c3c(F)c4nc(OC[C@]56CCC[C@H]5N(C)CCC6)nc(N5C[C@H]6CC[C@@H](C5)N6)c4c4cc(C)oc34)c12. The second kappa shape index (κ2) is 11.3. The fourth-order valence-electron chi connectivity index (χ4n) is 9.59. The van der Waals surface area contributed by atoms with Gasteiger partial charge in [0, 0.05) is 53.0 Å². The smallest absolute Gasteiger partial charge is 0.319 e. The molecule has 2 aromatic heterocycles. The van der Waals surface area contributed by atoms with Gasteiger partial charge in [0.1, 0.15) is 34.2 Å². The Labute approximate surface area is 283 Å². The van der Waals surface area contributed by atoms with Crippen molar-refractivity contribution in [3.05, 3.63) is 53.3 Å². The molecule has 0 radical (unpaired) electrons. The van der Waals surface area contributed by atoms with Gasteiger partial charge >= 0.3 is 6.01 Å². The molecule has 0 unspecified atom stereocenters. The summed E-state index contributed by atoms with van der Waals surface area (Å²) < 4.78 is 45.5. The van der Waals surface area contributed by atoms with Crippen LogP contribution in [0.1, 0.15) is 56.3 Å². The van der Waals surface area contributed by atoms with Crippen molar-refractivity contribution in [2.24, 2.45) is 5.41 Å². The van der Waals surface area contributed by atoms with E-state index >= 15 is 8.78 Å². The first kappa shape index (κ1) is 30.6. The average Bonchev–Trinajstić information content (AvgIpc) is 3.80. The van der Waals surface area contributed by atoms with E-state index in [-0.39, 0.29) is 45.0 Å². The quantitative estimate of drug-likeness (QED) is 0.194. The summed E-state index contributed by atoms with van der Waals surface area (Å²) in [6, 6.07) is 8.76. The molecule has 49 heavy (non-hydrogen) atoms. The third-order valence-corrected chi connectivity index (χ3v) is 11.7. The first-order valence-electron chi connectivity index (χ1n) is 17.4. The van der Waals surface area contributed by atoms with Crippen LogP contribution in [0.25, 0.3) is 43.8 Å². The van der Waals surface area contributed by atoms with E-state index in [9.17, 15) is 5.11 Å². The third kappa shape index (κ3) is 4.77. The Morgan fingerprint density at radius 1 is 1.08 bits per heavy atom. The molecule has 3 saturated heterocycles. The number of aromatic hydroxyl groups is 1. The van der Waals surface area contributed by atoms with Crippen LogP contribution in [0, 0.1) is 36.3 Å². The highest BCUT2D eigenvalue weighted by Gasteiger charge is 2.47. The lowest BCUT2D eigenvalue weighted by Gasteiger charge is -2.44. The molecule has 1 aliphatic carbocycles. The van der Waals surface area contributed by atoms with E-state index < -0.39 is 11.6 Å². The molecule has 3 aromatic carbocycles. The van der Waals surface area contributed by atoms with Crippen molar-refractivity contribution in [1.29, 1.82) is 0 Å². The van der Waals surface area contributed by atoms with Crippen molar-refractivity contribution in [3.8, 4) is 35.2 Å². The van der Waals surface area contributed by atoms with E-state index in [1.54, 1.807) is 0 Å². The number of fused-ring (bicyclic) bond motifs is 7. The Hall–Kier alpha value is -4.46. The minimum absolute atomic E-state index is 0.00510. The number of nitrogens with zero attached hydrogens (tertiary/aromatic N) is 4. The number of terminal acetylenes is 1. The minimum Gasteiger partial charge on any atom is -0.508 e. The molecule has 0 amide bonds. The molecular formula is C39H39F2N5O3. The minimum atomic E-state index is -0.670. The number of nitrogens with one attached hydrogen (secondary N) is 1. The zero-order valence-electron chi connectivity index (χ0n) is 27.8. The van der Waals surface area contributed by atoms with Gasteiger partial charge < -0.3 is 29.4 Å². The first-order chi connectivity index (χ1) is 23.7. The number of rotatable bonds is 5. The molecule has 2 bridgehead atoms. The van der Waals surface area contributed by atoms with Gasteiger partial charge in [-0.25, -0.2) is 8.78 Å². The standard InChI is InChI=1S/C39H39F2N5O3/c1-4-26-29(40)11-8-22-16-25(47)17-27(31(22)26)32-34(41)35-33(28-15-21(2)49-36(28)32)37(46-18-23-9-10-24(19-46)42-23)44-38(43-35)48-20-39-12-5-7-30(39)45(3)14-6-13-39/h1,8,11,15-17,23-24,30,42,47H,5-7,9-10,12-14,18-20H2,2-3H3/t23-,24+,30-,39-/m1/s1. The second-order valence-corrected chi connectivity index (χ2v) is 14.7. The highest BCUT2D eigenvalue weighted by atomic mass is 19.1. The predicted molar refractivity (Wildman–Crippen MR) is 186 cm³/mol. The molecule has 4 fully saturated rings. The number of phenolic OH excluding ortho intramolecular Hbond substituents is 1. The van der Waals surface area contributed by atoms with Crippen LogP contribution in [0.2, 0.25) is 0 Å². The number of likely N-dealkylation sites (tertiary alicyclic amines) is 1. The van der Waals surface area contributed by atoms with Gasteiger partial charge in [-0.15, -0.1) is 6.42 Å². The highest BCUT2D eigenvalue weighted by molar-refractivity contribution is 6.18. The fourth-order valence-corrected chi connectivity index (χ4v) is 9.59. The van der Waals surface area contributed by atoms with Crippen molar-refractivity contribution in [2.75, 3.05) is 38.2 Å². The number of halogens is 2. The summed E-state index contributed by atoms with van der Waals surface area (Å²) in [7, 11) is 2.20. The summed E-state index contributed by atoms with van der Waals surface area (Å²) in [6.07, 6.45) is 13.5. The topological polar surface area (TPSA) is 86.9 Å². The van der Waals surface area contributed by atoms with E-state index in [4.69, 9.17) is 25.5 Å². The number of anilines is 1. The normalized spacial score (nSPS) is 25.4. The molecule has 1 saturated carbocycles. The molecule has 4 atom stereocenters. The summed E-state index contributed by atoms with van der Waals surface area (Å²) in [5.41, 5.74) is 0.613.